The molecular formula is C31H30F2N6O2. The van der Waals surface area contributed by atoms with Crippen LogP contribution in [0.2, 0.25) is 0 Å². The summed E-state index contributed by atoms with van der Waals surface area (Å²) in [6.45, 7) is 2.25. The maximum absolute atomic E-state index is 15.2. The van der Waals surface area contributed by atoms with Gasteiger partial charge in [0.1, 0.15) is 23.4 Å². The van der Waals surface area contributed by atoms with E-state index in [1.54, 1.807) is 23.0 Å². The van der Waals surface area contributed by atoms with E-state index < -0.39 is 11.4 Å². The number of benzene rings is 2. The SMILES string of the molecule is Cn1cnnc1-c1cc(F)ccc1-c1cc(-c2nc3cc(CN[C@@H]4CCC[C@@]4(C)O)cc(F)c3o2)nc(C2CC2)c1. The molecule has 0 aliphatic heterocycles. The number of hydrogen-bond acceptors (Lipinski definition) is 7. The summed E-state index contributed by atoms with van der Waals surface area (Å²) in [5.41, 5.74) is 3.98. The summed E-state index contributed by atoms with van der Waals surface area (Å²) >= 11 is 0. The number of nitrogens with zero attached hydrogens (tertiary/aromatic N) is 5. The highest BCUT2D eigenvalue weighted by molar-refractivity contribution is 5.83. The average molecular weight is 557 g/mol. The number of aliphatic hydroxyl groups is 1. The van der Waals surface area contributed by atoms with Gasteiger partial charge >= 0.3 is 0 Å². The molecule has 2 aromatic carbocycles. The molecule has 0 spiro atoms. The second-order valence-corrected chi connectivity index (χ2v) is 11.5. The zero-order chi connectivity index (χ0) is 28.3. The maximum atomic E-state index is 15.2. The van der Waals surface area contributed by atoms with Crippen LogP contribution in [0.1, 0.15) is 56.2 Å². The first-order chi connectivity index (χ1) is 19.7. The van der Waals surface area contributed by atoms with Crippen molar-refractivity contribution in [1.82, 2.24) is 30.0 Å². The lowest BCUT2D eigenvalue weighted by atomic mass is 9.97. The first kappa shape index (κ1) is 25.9. The fourth-order valence-corrected chi connectivity index (χ4v) is 5.86. The summed E-state index contributed by atoms with van der Waals surface area (Å²) in [6.07, 6.45) is 6.22. The van der Waals surface area contributed by atoms with Crippen LogP contribution in [0.4, 0.5) is 8.78 Å². The summed E-state index contributed by atoms with van der Waals surface area (Å²) in [5.74, 6) is 0.195. The molecule has 2 saturated carbocycles. The van der Waals surface area contributed by atoms with Crippen LogP contribution in [0.25, 0.3) is 45.2 Å². The number of oxazole rings is 1. The molecule has 3 aromatic heterocycles. The van der Waals surface area contributed by atoms with E-state index >= 15 is 4.39 Å². The molecule has 2 N–H and O–H groups in total. The minimum absolute atomic E-state index is 0.0418. The molecule has 0 saturated heterocycles. The minimum atomic E-state index is -0.767. The van der Waals surface area contributed by atoms with E-state index in [0.29, 0.717) is 35.1 Å². The van der Waals surface area contributed by atoms with E-state index in [0.717, 1.165) is 54.5 Å². The molecular weight excluding hydrogens is 526 g/mol. The number of fused-ring (bicyclic) bond motifs is 1. The predicted molar refractivity (Wildman–Crippen MR) is 150 cm³/mol. The van der Waals surface area contributed by atoms with E-state index in [1.165, 1.54) is 18.2 Å². The fraction of sp³-hybridized carbons (Fsp3) is 0.355. The van der Waals surface area contributed by atoms with Crippen LogP contribution in [-0.2, 0) is 13.6 Å². The van der Waals surface area contributed by atoms with Crippen molar-refractivity contribution in [3.8, 4) is 34.1 Å². The van der Waals surface area contributed by atoms with E-state index in [9.17, 15) is 9.50 Å². The quantitative estimate of drug-likeness (QED) is 0.257. The molecule has 2 fully saturated rings. The zero-order valence-corrected chi connectivity index (χ0v) is 22.9. The zero-order valence-electron chi connectivity index (χ0n) is 22.9. The largest absolute Gasteiger partial charge is 0.432 e. The molecule has 8 nitrogen and oxygen atoms in total. The van der Waals surface area contributed by atoms with Gasteiger partial charge in [-0.05, 0) is 92.1 Å². The Morgan fingerprint density at radius 2 is 1.93 bits per heavy atom. The van der Waals surface area contributed by atoms with Crippen molar-refractivity contribution >= 4 is 11.1 Å². The molecule has 210 valence electrons. The second-order valence-electron chi connectivity index (χ2n) is 11.5. The van der Waals surface area contributed by atoms with Gasteiger partial charge < -0.3 is 19.4 Å². The number of aromatic nitrogens is 5. The Bertz CT molecular complexity index is 1770. The summed E-state index contributed by atoms with van der Waals surface area (Å²) in [4.78, 5) is 9.48. The third-order valence-corrected chi connectivity index (χ3v) is 8.29. The van der Waals surface area contributed by atoms with E-state index in [1.807, 2.05) is 26.1 Å². The molecule has 3 heterocycles. The molecule has 0 unspecified atom stereocenters. The van der Waals surface area contributed by atoms with E-state index in [2.05, 4.69) is 20.5 Å². The van der Waals surface area contributed by atoms with Crippen molar-refractivity contribution in [2.45, 2.75) is 63.1 Å². The highest BCUT2D eigenvalue weighted by atomic mass is 19.1. The van der Waals surface area contributed by atoms with Crippen LogP contribution in [0.15, 0.2) is 53.2 Å². The van der Waals surface area contributed by atoms with Crippen molar-refractivity contribution in [2.24, 2.45) is 7.05 Å². The molecule has 2 aliphatic rings. The number of aryl methyl sites for hydroxylation is 1. The number of hydrogen-bond donors (Lipinski definition) is 2. The van der Waals surface area contributed by atoms with Crippen LogP contribution in [0, 0.1) is 11.6 Å². The van der Waals surface area contributed by atoms with Gasteiger partial charge in [0.25, 0.3) is 0 Å². The number of rotatable bonds is 7. The van der Waals surface area contributed by atoms with Gasteiger partial charge in [0.2, 0.25) is 5.89 Å². The summed E-state index contributed by atoms with van der Waals surface area (Å²) in [7, 11) is 1.81. The maximum Gasteiger partial charge on any atom is 0.246 e. The first-order valence-electron chi connectivity index (χ1n) is 14.0. The van der Waals surface area contributed by atoms with Crippen molar-refractivity contribution in [2.75, 3.05) is 0 Å². The molecule has 7 rings (SSSR count). The standard InChI is InChI=1S/C31H30F2N6O2/c1-31(40)9-3-4-27(31)34-15-17-10-23(33)28-25(11-17)37-30(41-28)26-13-19(12-24(36-26)18-5-6-18)21-8-7-20(32)14-22(21)29-38-35-16-39(29)2/h7-8,10-14,16,18,27,34,40H,3-6,9,15H2,1-2H3/t27-,31-/m1/s1. The molecule has 10 heteroatoms. The Kier molecular flexibility index (Phi) is 6.20. The van der Waals surface area contributed by atoms with Gasteiger partial charge in [0.05, 0.1) is 5.60 Å². The number of halogens is 2. The Morgan fingerprint density at radius 3 is 2.66 bits per heavy atom. The smallest absolute Gasteiger partial charge is 0.246 e. The number of pyridine rings is 1. The van der Waals surface area contributed by atoms with E-state index in [4.69, 9.17) is 9.40 Å². The number of nitrogens with one attached hydrogen (secondary N) is 1. The van der Waals surface area contributed by atoms with Gasteiger partial charge in [-0.2, -0.15) is 0 Å². The Balaban J connectivity index is 1.27. The van der Waals surface area contributed by atoms with Gasteiger partial charge in [-0.1, -0.05) is 6.07 Å². The third-order valence-electron chi connectivity index (χ3n) is 8.29. The van der Waals surface area contributed by atoms with Crippen LogP contribution in [0.3, 0.4) is 0 Å². The van der Waals surface area contributed by atoms with Crippen molar-refractivity contribution < 1.29 is 18.3 Å². The van der Waals surface area contributed by atoms with Crippen molar-refractivity contribution in [1.29, 1.82) is 0 Å². The van der Waals surface area contributed by atoms with Crippen LogP contribution < -0.4 is 5.32 Å². The lowest BCUT2D eigenvalue weighted by Gasteiger charge is -2.26. The van der Waals surface area contributed by atoms with Crippen molar-refractivity contribution in [3.05, 3.63) is 71.7 Å². The van der Waals surface area contributed by atoms with Crippen LogP contribution >= 0.6 is 0 Å². The van der Waals surface area contributed by atoms with Crippen LogP contribution in [-0.4, -0.2) is 41.5 Å². The summed E-state index contributed by atoms with van der Waals surface area (Å²) in [6, 6.07) is 11.7. The first-order valence-corrected chi connectivity index (χ1v) is 14.0. The summed E-state index contributed by atoms with van der Waals surface area (Å²) in [5, 5.41) is 22.1. The molecule has 2 atom stereocenters. The normalized spacial score (nSPS) is 20.8. The lowest BCUT2D eigenvalue weighted by Crippen LogP contribution is -2.44. The monoisotopic (exact) mass is 556 g/mol. The van der Waals surface area contributed by atoms with Crippen LogP contribution in [0.5, 0.6) is 0 Å². The van der Waals surface area contributed by atoms with Gasteiger partial charge in [-0.3, -0.25) is 0 Å². The molecule has 0 amide bonds. The summed E-state index contributed by atoms with van der Waals surface area (Å²) < 4.78 is 37.2. The second kappa shape index (κ2) is 9.81. The fourth-order valence-electron chi connectivity index (χ4n) is 5.86. The Hall–Kier alpha value is -4.02. The Morgan fingerprint density at radius 1 is 1.07 bits per heavy atom. The highest BCUT2D eigenvalue weighted by Gasteiger charge is 2.36. The van der Waals surface area contributed by atoms with Crippen molar-refractivity contribution in [3.63, 3.8) is 0 Å². The van der Waals surface area contributed by atoms with Gasteiger partial charge in [-0.15, -0.1) is 10.2 Å². The average Bonchev–Trinajstić information content (AvgIpc) is 3.41. The molecule has 0 bridgehead atoms. The molecule has 2 aliphatic carbocycles. The highest BCUT2D eigenvalue weighted by Crippen LogP contribution is 2.43. The third kappa shape index (κ3) is 4.91. The molecule has 5 aromatic rings. The van der Waals surface area contributed by atoms with E-state index in [-0.39, 0.29) is 23.3 Å². The predicted octanol–water partition coefficient (Wildman–Crippen LogP) is 5.90. The van der Waals surface area contributed by atoms with Gasteiger partial charge in [0, 0.05) is 36.8 Å². The molecule has 0 radical (unpaired) electrons. The topological polar surface area (TPSA) is 102 Å². The van der Waals surface area contributed by atoms with Gasteiger partial charge in [0.15, 0.2) is 17.2 Å². The molecule has 41 heavy (non-hydrogen) atoms. The Labute approximate surface area is 235 Å². The minimum Gasteiger partial charge on any atom is -0.432 e. The lowest BCUT2D eigenvalue weighted by molar-refractivity contribution is 0.0387. The van der Waals surface area contributed by atoms with Gasteiger partial charge in [-0.25, -0.2) is 18.7 Å².